The third-order valence-corrected chi connectivity index (χ3v) is 2.65. The van der Waals surface area contributed by atoms with Gasteiger partial charge in [0, 0.05) is 19.6 Å². The van der Waals surface area contributed by atoms with Crippen molar-refractivity contribution in [3.05, 3.63) is 12.7 Å². The van der Waals surface area contributed by atoms with Crippen LogP contribution in [0, 0.1) is 11.3 Å². The van der Waals surface area contributed by atoms with Gasteiger partial charge < -0.3 is 10.6 Å². The van der Waals surface area contributed by atoms with E-state index < -0.39 is 0 Å². The Morgan fingerprint density at radius 2 is 2.06 bits per heavy atom. The number of hydrogen-bond donors (Lipinski definition) is 1. The molecule has 3 nitrogen and oxygen atoms in total. The first-order valence-electron chi connectivity index (χ1n) is 6.45. The van der Waals surface area contributed by atoms with Crippen molar-refractivity contribution in [3.8, 4) is 0 Å². The minimum absolute atomic E-state index is 0.0681. The average Bonchev–Trinajstić information content (AvgIpc) is 2.23. The molecule has 0 aromatic rings. The van der Waals surface area contributed by atoms with Gasteiger partial charge in [-0.05, 0) is 18.3 Å². The summed E-state index contributed by atoms with van der Waals surface area (Å²) in [7, 11) is 0. The monoisotopic (exact) mass is 240 g/mol. The summed E-state index contributed by atoms with van der Waals surface area (Å²) in [5, 5.41) is 0. The Bertz CT molecular complexity index is 243. The maximum atomic E-state index is 12.3. The van der Waals surface area contributed by atoms with Crippen LogP contribution < -0.4 is 5.73 Å². The predicted octanol–water partition coefficient (Wildman–Crippen LogP) is 2.42. The van der Waals surface area contributed by atoms with E-state index in [4.69, 9.17) is 5.73 Å². The van der Waals surface area contributed by atoms with Crippen LogP contribution in [0.3, 0.4) is 0 Å². The summed E-state index contributed by atoms with van der Waals surface area (Å²) in [5.74, 6) is 0.102. The van der Waals surface area contributed by atoms with Gasteiger partial charge in [-0.25, -0.2) is 0 Å². The highest BCUT2D eigenvalue weighted by atomic mass is 16.2. The normalized spacial score (nSPS) is 13.2. The summed E-state index contributed by atoms with van der Waals surface area (Å²) < 4.78 is 0. The van der Waals surface area contributed by atoms with E-state index in [0.29, 0.717) is 13.1 Å². The van der Waals surface area contributed by atoms with E-state index in [9.17, 15) is 4.79 Å². The summed E-state index contributed by atoms with van der Waals surface area (Å²) in [6, 6.07) is 0. The maximum Gasteiger partial charge on any atom is 0.227 e. The summed E-state index contributed by atoms with van der Waals surface area (Å²) >= 11 is 0. The lowest BCUT2D eigenvalue weighted by Crippen LogP contribution is -2.41. The average molecular weight is 240 g/mol. The second-order valence-corrected chi connectivity index (χ2v) is 5.77. The fourth-order valence-electron chi connectivity index (χ4n) is 1.99. The molecule has 0 radical (unpaired) electrons. The highest BCUT2D eigenvalue weighted by Gasteiger charge is 2.26. The molecule has 0 rings (SSSR count). The Labute approximate surface area is 106 Å². The van der Waals surface area contributed by atoms with Gasteiger partial charge in [0.05, 0.1) is 5.92 Å². The second-order valence-electron chi connectivity index (χ2n) is 5.77. The quantitative estimate of drug-likeness (QED) is 0.695. The predicted molar refractivity (Wildman–Crippen MR) is 73.7 cm³/mol. The summed E-state index contributed by atoms with van der Waals surface area (Å²) in [5.41, 5.74) is 5.87. The van der Waals surface area contributed by atoms with Crippen LogP contribution in [0.15, 0.2) is 12.7 Å². The molecule has 1 atom stereocenters. The van der Waals surface area contributed by atoms with Crippen molar-refractivity contribution in [2.45, 2.75) is 40.5 Å². The molecule has 3 heteroatoms. The number of carbonyl (C=O) groups is 1. The molecule has 2 N–H and O–H groups in total. The van der Waals surface area contributed by atoms with Crippen molar-refractivity contribution < 1.29 is 4.79 Å². The zero-order valence-corrected chi connectivity index (χ0v) is 11.8. The minimum Gasteiger partial charge on any atom is -0.339 e. The molecule has 0 aromatic carbocycles. The lowest BCUT2D eigenvalue weighted by atomic mass is 9.84. The first-order valence-corrected chi connectivity index (χ1v) is 6.45. The van der Waals surface area contributed by atoms with Crippen molar-refractivity contribution in [2.24, 2.45) is 17.1 Å². The minimum atomic E-state index is -0.0681. The molecule has 1 unspecified atom stereocenters. The first-order chi connectivity index (χ1) is 7.85. The molecule has 17 heavy (non-hydrogen) atoms. The number of nitrogens with two attached hydrogens (primary N) is 1. The zero-order chi connectivity index (χ0) is 13.5. The van der Waals surface area contributed by atoms with Crippen LogP contribution >= 0.6 is 0 Å². The van der Waals surface area contributed by atoms with Crippen LogP contribution in [0.1, 0.15) is 40.5 Å². The fourth-order valence-corrected chi connectivity index (χ4v) is 1.99. The number of hydrogen-bond acceptors (Lipinski definition) is 2. The largest absolute Gasteiger partial charge is 0.339 e. The van der Waals surface area contributed by atoms with Gasteiger partial charge in [0.1, 0.15) is 0 Å². The second kappa shape index (κ2) is 7.49. The van der Waals surface area contributed by atoms with Gasteiger partial charge in [0.2, 0.25) is 5.91 Å². The molecule has 0 heterocycles. The molecule has 100 valence electrons. The lowest BCUT2D eigenvalue weighted by molar-refractivity contribution is -0.135. The number of amides is 1. The molecule has 0 aliphatic rings. The smallest absolute Gasteiger partial charge is 0.227 e. The third-order valence-electron chi connectivity index (χ3n) is 2.65. The van der Waals surface area contributed by atoms with Crippen molar-refractivity contribution >= 4 is 5.91 Å². The van der Waals surface area contributed by atoms with Crippen LogP contribution in [0.5, 0.6) is 0 Å². The lowest BCUT2D eigenvalue weighted by Gasteiger charge is -2.29. The van der Waals surface area contributed by atoms with Crippen LogP contribution in [-0.4, -0.2) is 30.4 Å². The van der Waals surface area contributed by atoms with Crippen molar-refractivity contribution in [1.82, 2.24) is 4.90 Å². The maximum absolute atomic E-state index is 12.3. The molecular weight excluding hydrogens is 212 g/mol. The van der Waals surface area contributed by atoms with Crippen LogP contribution in [-0.2, 0) is 4.79 Å². The zero-order valence-electron chi connectivity index (χ0n) is 11.8. The van der Waals surface area contributed by atoms with Crippen LogP contribution in [0.2, 0.25) is 0 Å². The van der Waals surface area contributed by atoms with E-state index in [1.165, 1.54) is 0 Å². The molecule has 0 spiro atoms. The highest BCUT2D eigenvalue weighted by Crippen LogP contribution is 2.25. The number of nitrogens with zero attached hydrogens (tertiary/aromatic N) is 1. The first kappa shape index (κ1) is 16.2. The van der Waals surface area contributed by atoms with Gasteiger partial charge in [0.15, 0.2) is 0 Å². The Morgan fingerprint density at radius 3 is 2.41 bits per heavy atom. The highest BCUT2D eigenvalue weighted by molar-refractivity contribution is 5.79. The van der Waals surface area contributed by atoms with Gasteiger partial charge in [0.25, 0.3) is 0 Å². The van der Waals surface area contributed by atoms with E-state index in [-0.39, 0.29) is 17.2 Å². The SMILES string of the molecule is C=CCN(CCC)C(=O)C(CN)CC(C)(C)C. The Balaban J connectivity index is 4.62. The molecule has 0 saturated heterocycles. The third kappa shape index (κ3) is 6.47. The summed E-state index contributed by atoms with van der Waals surface area (Å²) in [4.78, 5) is 14.2. The Morgan fingerprint density at radius 1 is 1.47 bits per heavy atom. The van der Waals surface area contributed by atoms with Crippen LogP contribution in [0.4, 0.5) is 0 Å². The molecule has 0 aliphatic heterocycles. The van der Waals surface area contributed by atoms with Gasteiger partial charge in [-0.15, -0.1) is 6.58 Å². The van der Waals surface area contributed by atoms with E-state index in [1.54, 1.807) is 6.08 Å². The van der Waals surface area contributed by atoms with Gasteiger partial charge in [-0.1, -0.05) is 33.8 Å². The molecule has 0 saturated carbocycles. The van der Waals surface area contributed by atoms with Crippen molar-refractivity contribution in [3.63, 3.8) is 0 Å². The van der Waals surface area contributed by atoms with Crippen molar-refractivity contribution in [2.75, 3.05) is 19.6 Å². The molecule has 0 aromatic heterocycles. The molecule has 0 bridgehead atoms. The van der Waals surface area contributed by atoms with Crippen LogP contribution in [0.25, 0.3) is 0 Å². The van der Waals surface area contributed by atoms with E-state index >= 15 is 0 Å². The molecule has 0 fully saturated rings. The number of rotatable bonds is 7. The summed E-state index contributed by atoms with van der Waals surface area (Å²) in [6.07, 6.45) is 3.57. The van der Waals surface area contributed by atoms with Gasteiger partial charge in [-0.2, -0.15) is 0 Å². The molecular formula is C14H28N2O. The Hall–Kier alpha value is -0.830. The topological polar surface area (TPSA) is 46.3 Å². The Kier molecular flexibility index (Phi) is 7.12. The van der Waals surface area contributed by atoms with E-state index in [2.05, 4.69) is 34.3 Å². The number of carbonyl (C=O) groups excluding carboxylic acids is 1. The van der Waals surface area contributed by atoms with E-state index in [0.717, 1.165) is 19.4 Å². The fraction of sp³-hybridized carbons (Fsp3) is 0.786. The summed E-state index contributed by atoms with van der Waals surface area (Å²) in [6.45, 7) is 14.0. The van der Waals surface area contributed by atoms with Gasteiger partial charge >= 0.3 is 0 Å². The molecule has 0 aliphatic carbocycles. The molecule has 1 amide bonds. The van der Waals surface area contributed by atoms with Gasteiger partial charge in [-0.3, -0.25) is 4.79 Å². The standard InChI is InChI=1S/C14H28N2O/c1-6-8-16(9-7-2)13(17)12(11-15)10-14(3,4)5/h6,12H,1,7-11,15H2,2-5H3. The van der Waals surface area contributed by atoms with Crippen molar-refractivity contribution in [1.29, 1.82) is 0 Å². The van der Waals surface area contributed by atoms with E-state index in [1.807, 2.05) is 4.90 Å².